The molecule has 0 aliphatic rings. The van der Waals surface area contributed by atoms with Crippen molar-refractivity contribution in [2.24, 2.45) is 0 Å². The third-order valence-electron chi connectivity index (χ3n) is 2.77. The fourth-order valence-electron chi connectivity index (χ4n) is 1.70. The van der Waals surface area contributed by atoms with E-state index in [9.17, 15) is 13.2 Å². The normalized spacial score (nSPS) is 11.6. The van der Waals surface area contributed by atoms with Crippen molar-refractivity contribution in [3.05, 3.63) is 39.8 Å². The van der Waals surface area contributed by atoms with E-state index in [1.54, 1.807) is 5.51 Å². The SMILES string of the molecule is Cc1ncsc1CCOc1ccc(N)c(C(F)(F)F)c1. The quantitative estimate of drug-likeness (QED) is 0.877. The van der Waals surface area contributed by atoms with Gasteiger partial charge in [-0.1, -0.05) is 0 Å². The molecule has 2 rings (SSSR count). The smallest absolute Gasteiger partial charge is 0.418 e. The second kappa shape index (κ2) is 5.70. The van der Waals surface area contributed by atoms with Gasteiger partial charge in [0, 0.05) is 17.0 Å². The molecule has 3 nitrogen and oxygen atoms in total. The molecule has 0 aliphatic heterocycles. The van der Waals surface area contributed by atoms with Crippen molar-refractivity contribution in [2.45, 2.75) is 19.5 Å². The van der Waals surface area contributed by atoms with E-state index in [-0.39, 0.29) is 11.4 Å². The molecule has 0 atom stereocenters. The molecule has 0 spiro atoms. The highest BCUT2D eigenvalue weighted by Crippen LogP contribution is 2.35. The number of halogens is 3. The Morgan fingerprint density at radius 1 is 1.35 bits per heavy atom. The Hall–Kier alpha value is -1.76. The van der Waals surface area contributed by atoms with Crippen molar-refractivity contribution in [1.29, 1.82) is 0 Å². The molecule has 0 bridgehead atoms. The highest BCUT2D eigenvalue weighted by Gasteiger charge is 2.33. The van der Waals surface area contributed by atoms with Crippen LogP contribution < -0.4 is 10.5 Å². The number of alkyl halides is 3. The number of ether oxygens (including phenoxy) is 1. The summed E-state index contributed by atoms with van der Waals surface area (Å²) in [5, 5.41) is 0. The van der Waals surface area contributed by atoms with E-state index in [0.29, 0.717) is 13.0 Å². The summed E-state index contributed by atoms with van der Waals surface area (Å²) in [5.41, 5.74) is 6.80. The number of aryl methyl sites for hydroxylation is 1. The summed E-state index contributed by atoms with van der Waals surface area (Å²) in [6.07, 6.45) is -3.86. The Balaban J connectivity index is 2.02. The van der Waals surface area contributed by atoms with Crippen LogP contribution in [0, 0.1) is 6.92 Å². The van der Waals surface area contributed by atoms with Gasteiger partial charge >= 0.3 is 6.18 Å². The molecule has 2 aromatic rings. The zero-order valence-corrected chi connectivity index (χ0v) is 11.5. The number of hydrogen-bond acceptors (Lipinski definition) is 4. The van der Waals surface area contributed by atoms with Gasteiger partial charge in [0.25, 0.3) is 0 Å². The number of nitrogen functional groups attached to an aromatic ring is 1. The Bertz CT molecular complexity index is 596. The average Bonchev–Trinajstić information content (AvgIpc) is 2.76. The lowest BCUT2D eigenvalue weighted by Gasteiger charge is -2.12. The molecule has 0 radical (unpaired) electrons. The predicted octanol–water partition coefficient (Wildman–Crippen LogP) is 3.67. The van der Waals surface area contributed by atoms with Crippen molar-refractivity contribution >= 4 is 17.0 Å². The van der Waals surface area contributed by atoms with Gasteiger partial charge in [-0.2, -0.15) is 13.2 Å². The molecular formula is C13H13F3N2OS. The number of rotatable bonds is 4. The largest absolute Gasteiger partial charge is 0.493 e. The molecule has 0 saturated heterocycles. The van der Waals surface area contributed by atoms with Crippen LogP contribution in [-0.4, -0.2) is 11.6 Å². The number of benzene rings is 1. The number of nitrogens with zero attached hydrogens (tertiary/aromatic N) is 1. The molecule has 1 aromatic heterocycles. The Kier molecular flexibility index (Phi) is 4.17. The zero-order valence-electron chi connectivity index (χ0n) is 10.7. The maximum absolute atomic E-state index is 12.7. The highest BCUT2D eigenvalue weighted by atomic mass is 32.1. The molecule has 108 valence electrons. The van der Waals surface area contributed by atoms with Crippen LogP contribution in [0.3, 0.4) is 0 Å². The van der Waals surface area contributed by atoms with Crippen LogP contribution in [0.2, 0.25) is 0 Å². The van der Waals surface area contributed by atoms with E-state index in [1.807, 2.05) is 6.92 Å². The fraction of sp³-hybridized carbons (Fsp3) is 0.308. The summed E-state index contributed by atoms with van der Waals surface area (Å²) < 4.78 is 43.4. The minimum absolute atomic E-state index is 0.161. The summed E-state index contributed by atoms with van der Waals surface area (Å²) in [6.45, 7) is 2.18. The van der Waals surface area contributed by atoms with Crippen LogP contribution in [0.5, 0.6) is 5.75 Å². The lowest BCUT2D eigenvalue weighted by Crippen LogP contribution is -2.10. The van der Waals surface area contributed by atoms with E-state index < -0.39 is 11.7 Å². The third kappa shape index (κ3) is 3.41. The van der Waals surface area contributed by atoms with E-state index in [0.717, 1.165) is 16.6 Å². The maximum atomic E-state index is 12.7. The van der Waals surface area contributed by atoms with Crippen molar-refractivity contribution in [2.75, 3.05) is 12.3 Å². The molecule has 0 aliphatic carbocycles. The minimum atomic E-state index is -4.47. The van der Waals surface area contributed by atoms with E-state index >= 15 is 0 Å². The molecule has 2 N–H and O–H groups in total. The van der Waals surface area contributed by atoms with Crippen molar-refractivity contribution in [1.82, 2.24) is 4.98 Å². The van der Waals surface area contributed by atoms with Gasteiger partial charge in [-0.05, 0) is 25.1 Å². The van der Waals surface area contributed by atoms with Gasteiger partial charge in [0.2, 0.25) is 0 Å². The summed E-state index contributed by atoms with van der Waals surface area (Å²) >= 11 is 1.50. The summed E-state index contributed by atoms with van der Waals surface area (Å²) in [5.74, 6) is 0.161. The first-order chi connectivity index (χ1) is 9.38. The lowest BCUT2D eigenvalue weighted by atomic mass is 10.1. The first kappa shape index (κ1) is 14.6. The van der Waals surface area contributed by atoms with Crippen molar-refractivity contribution < 1.29 is 17.9 Å². The number of hydrogen-bond donors (Lipinski definition) is 1. The summed E-state index contributed by atoms with van der Waals surface area (Å²) in [7, 11) is 0. The topological polar surface area (TPSA) is 48.1 Å². The van der Waals surface area contributed by atoms with Crippen LogP contribution in [-0.2, 0) is 12.6 Å². The third-order valence-corrected chi connectivity index (χ3v) is 3.77. The summed E-state index contributed by atoms with van der Waals surface area (Å²) in [4.78, 5) is 5.16. The Morgan fingerprint density at radius 3 is 2.70 bits per heavy atom. The van der Waals surface area contributed by atoms with Gasteiger partial charge in [-0.3, -0.25) is 0 Å². The number of nitrogens with two attached hydrogens (primary N) is 1. The lowest BCUT2D eigenvalue weighted by molar-refractivity contribution is -0.137. The predicted molar refractivity (Wildman–Crippen MR) is 71.9 cm³/mol. The molecule has 0 saturated carbocycles. The molecule has 1 heterocycles. The molecule has 0 unspecified atom stereocenters. The first-order valence-electron chi connectivity index (χ1n) is 5.86. The van der Waals surface area contributed by atoms with Crippen molar-refractivity contribution in [3.63, 3.8) is 0 Å². The van der Waals surface area contributed by atoms with Crippen molar-refractivity contribution in [3.8, 4) is 5.75 Å². The molecule has 7 heteroatoms. The number of anilines is 1. The van der Waals surface area contributed by atoms with Gasteiger partial charge < -0.3 is 10.5 Å². The van der Waals surface area contributed by atoms with Crippen LogP contribution >= 0.6 is 11.3 Å². The van der Waals surface area contributed by atoms with Crippen LogP contribution in [0.4, 0.5) is 18.9 Å². The van der Waals surface area contributed by atoms with Gasteiger partial charge in [-0.15, -0.1) is 11.3 Å². The second-order valence-corrected chi connectivity index (χ2v) is 5.15. The van der Waals surface area contributed by atoms with E-state index in [2.05, 4.69) is 4.98 Å². The number of thiazole rings is 1. The van der Waals surface area contributed by atoms with E-state index in [4.69, 9.17) is 10.5 Å². The molecular weight excluding hydrogens is 289 g/mol. The van der Waals surface area contributed by atoms with Gasteiger partial charge in [0.1, 0.15) is 5.75 Å². The Labute approximate surface area is 118 Å². The zero-order chi connectivity index (χ0) is 14.8. The fourth-order valence-corrected chi connectivity index (χ4v) is 2.46. The minimum Gasteiger partial charge on any atom is -0.493 e. The number of aromatic nitrogens is 1. The van der Waals surface area contributed by atoms with Crippen LogP contribution in [0.25, 0.3) is 0 Å². The van der Waals surface area contributed by atoms with Gasteiger partial charge in [0.15, 0.2) is 0 Å². The molecule has 20 heavy (non-hydrogen) atoms. The monoisotopic (exact) mass is 302 g/mol. The molecule has 1 aromatic carbocycles. The highest BCUT2D eigenvalue weighted by molar-refractivity contribution is 7.09. The van der Waals surface area contributed by atoms with E-state index in [1.165, 1.54) is 23.5 Å². The van der Waals surface area contributed by atoms with Crippen LogP contribution in [0.1, 0.15) is 16.1 Å². The molecule has 0 fully saturated rings. The maximum Gasteiger partial charge on any atom is 0.418 e. The Morgan fingerprint density at radius 2 is 2.10 bits per heavy atom. The first-order valence-corrected chi connectivity index (χ1v) is 6.74. The average molecular weight is 302 g/mol. The standard InChI is InChI=1S/C13H13F3N2OS/c1-8-12(20-7-18-8)4-5-19-9-2-3-11(17)10(6-9)13(14,15)16/h2-3,6-7H,4-5,17H2,1H3. The molecule has 0 amide bonds. The second-order valence-electron chi connectivity index (χ2n) is 4.21. The summed E-state index contributed by atoms with van der Waals surface area (Å²) in [6, 6.07) is 3.56. The van der Waals surface area contributed by atoms with Gasteiger partial charge in [-0.25, -0.2) is 4.98 Å². The van der Waals surface area contributed by atoms with Gasteiger partial charge in [0.05, 0.1) is 23.4 Å². The van der Waals surface area contributed by atoms with Crippen LogP contribution in [0.15, 0.2) is 23.7 Å².